The van der Waals surface area contributed by atoms with Crippen LogP contribution >= 0.6 is 0 Å². The SMILES string of the molecule is CCCN(CC1CC1)CC1(O)CCC(C(=O)OCC)CC1. The van der Waals surface area contributed by atoms with Crippen molar-refractivity contribution in [2.24, 2.45) is 11.8 Å². The lowest BCUT2D eigenvalue weighted by atomic mass is 9.78. The third-order valence-corrected chi connectivity index (χ3v) is 4.81. The lowest BCUT2D eigenvalue weighted by Gasteiger charge is -2.39. The molecule has 2 fully saturated rings. The Bertz CT molecular complexity index is 333. The highest BCUT2D eigenvalue weighted by Gasteiger charge is 2.38. The Balaban J connectivity index is 1.80. The molecular formula is C17H31NO3. The van der Waals surface area contributed by atoms with Crippen LogP contribution in [0.5, 0.6) is 0 Å². The molecule has 0 aliphatic heterocycles. The second-order valence-corrected chi connectivity index (χ2v) is 6.93. The Kier molecular flexibility index (Phi) is 6.06. The van der Waals surface area contributed by atoms with Gasteiger partial charge in [-0.15, -0.1) is 0 Å². The molecule has 4 heteroatoms. The van der Waals surface area contributed by atoms with Crippen molar-refractivity contribution in [1.82, 2.24) is 4.90 Å². The highest BCUT2D eigenvalue weighted by Crippen LogP contribution is 2.35. The molecule has 0 unspecified atom stereocenters. The molecule has 0 spiro atoms. The first-order valence-corrected chi connectivity index (χ1v) is 8.67. The molecule has 4 nitrogen and oxygen atoms in total. The summed E-state index contributed by atoms with van der Waals surface area (Å²) in [7, 11) is 0. The molecule has 0 heterocycles. The fourth-order valence-electron chi connectivity index (χ4n) is 3.44. The zero-order valence-corrected chi connectivity index (χ0v) is 13.6. The van der Waals surface area contributed by atoms with Gasteiger partial charge in [-0.1, -0.05) is 6.92 Å². The zero-order valence-electron chi connectivity index (χ0n) is 13.6. The molecule has 0 atom stereocenters. The van der Waals surface area contributed by atoms with Gasteiger partial charge in [0, 0.05) is 13.1 Å². The number of esters is 1. The first-order valence-electron chi connectivity index (χ1n) is 8.67. The maximum absolute atomic E-state index is 11.8. The molecule has 0 bridgehead atoms. The largest absolute Gasteiger partial charge is 0.466 e. The monoisotopic (exact) mass is 297 g/mol. The summed E-state index contributed by atoms with van der Waals surface area (Å²) in [6.07, 6.45) is 6.81. The molecule has 2 saturated carbocycles. The zero-order chi connectivity index (χ0) is 15.3. The molecule has 0 radical (unpaired) electrons. The second-order valence-electron chi connectivity index (χ2n) is 6.93. The molecule has 0 aromatic heterocycles. The normalized spacial score (nSPS) is 29.6. The molecule has 2 aliphatic rings. The minimum absolute atomic E-state index is 0.00622. The van der Waals surface area contributed by atoms with Gasteiger partial charge in [0.25, 0.3) is 0 Å². The van der Waals surface area contributed by atoms with Gasteiger partial charge in [-0.2, -0.15) is 0 Å². The predicted octanol–water partition coefficient (Wildman–Crippen LogP) is 2.59. The van der Waals surface area contributed by atoms with Gasteiger partial charge in [-0.05, 0) is 64.3 Å². The third kappa shape index (κ3) is 5.26. The summed E-state index contributed by atoms with van der Waals surface area (Å²) >= 11 is 0. The summed E-state index contributed by atoms with van der Waals surface area (Å²) in [5.41, 5.74) is -0.604. The van der Waals surface area contributed by atoms with Gasteiger partial charge in [0.1, 0.15) is 0 Å². The van der Waals surface area contributed by atoms with Crippen molar-refractivity contribution < 1.29 is 14.6 Å². The van der Waals surface area contributed by atoms with Crippen LogP contribution in [0.2, 0.25) is 0 Å². The van der Waals surface area contributed by atoms with Crippen LogP contribution in [0, 0.1) is 11.8 Å². The highest BCUT2D eigenvalue weighted by atomic mass is 16.5. The molecule has 21 heavy (non-hydrogen) atoms. The Labute approximate surface area is 128 Å². The number of hydrogen-bond donors (Lipinski definition) is 1. The Morgan fingerprint density at radius 2 is 1.90 bits per heavy atom. The van der Waals surface area contributed by atoms with Crippen molar-refractivity contribution >= 4 is 5.97 Å². The van der Waals surface area contributed by atoms with Crippen molar-refractivity contribution in [1.29, 1.82) is 0 Å². The number of carbonyl (C=O) groups excluding carboxylic acids is 1. The second kappa shape index (κ2) is 7.59. The third-order valence-electron chi connectivity index (χ3n) is 4.81. The lowest BCUT2D eigenvalue weighted by molar-refractivity contribution is -0.151. The van der Waals surface area contributed by atoms with E-state index in [1.165, 1.54) is 12.8 Å². The van der Waals surface area contributed by atoms with Crippen molar-refractivity contribution in [3.8, 4) is 0 Å². The van der Waals surface area contributed by atoms with E-state index in [0.29, 0.717) is 6.61 Å². The van der Waals surface area contributed by atoms with Crippen molar-refractivity contribution in [3.63, 3.8) is 0 Å². The Hall–Kier alpha value is -0.610. The molecule has 0 amide bonds. The molecule has 2 rings (SSSR count). The van der Waals surface area contributed by atoms with Gasteiger partial charge in [0.2, 0.25) is 0 Å². The molecular weight excluding hydrogens is 266 g/mol. The molecule has 2 aliphatic carbocycles. The maximum atomic E-state index is 11.8. The molecule has 0 saturated heterocycles. The Morgan fingerprint density at radius 3 is 2.43 bits per heavy atom. The summed E-state index contributed by atoms with van der Waals surface area (Å²) in [4.78, 5) is 14.2. The number of aliphatic hydroxyl groups is 1. The minimum Gasteiger partial charge on any atom is -0.466 e. The number of carbonyl (C=O) groups is 1. The van der Waals surface area contributed by atoms with Crippen LogP contribution in [-0.4, -0.2) is 47.8 Å². The fourth-order valence-corrected chi connectivity index (χ4v) is 3.44. The van der Waals surface area contributed by atoms with E-state index in [1.54, 1.807) is 0 Å². The summed E-state index contributed by atoms with van der Waals surface area (Å²) in [5, 5.41) is 10.8. The smallest absolute Gasteiger partial charge is 0.308 e. The van der Waals surface area contributed by atoms with E-state index >= 15 is 0 Å². The molecule has 0 aromatic carbocycles. The maximum Gasteiger partial charge on any atom is 0.308 e. The Morgan fingerprint density at radius 1 is 1.24 bits per heavy atom. The van der Waals surface area contributed by atoms with Crippen molar-refractivity contribution in [2.45, 2.75) is 64.4 Å². The van der Waals surface area contributed by atoms with Gasteiger partial charge in [0.15, 0.2) is 0 Å². The summed E-state index contributed by atoms with van der Waals surface area (Å²) in [5.74, 6) is 0.771. The average Bonchev–Trinajstić information content (AvgIpc) is 3.23. The van der Waals surface area contributed by atoms with E-state index in [2.05, 4.69) is 11.8 Å². The number of rotatable bonds is 8. The highest BCUT2D eigenvalue weighted by molar-refractivity contribution is 5.72. The average molecular weight is 297 g/mol. The summed E-state index contributed by atoms with van der Waals surface area (Å²) in [6.45, 7) is 7.47. The van der Waals surface area contributed by atoms with Crippen LogP contribution in [0.4, 0.5) is 0 Å². The van der Waals surface area contributed by atoms with Gasteiger partial charge < -0.3 is 14.7 Å². The standard InChI is InChI=1S/C17H31NO3/c1-3-11-18(12-14-5-6-14)13-17(20)9-7-15(8-10-17)16(19)21-4-2/h14-15,20H,3-13H2,1-2H3. The first kappa shape index (κ1) is 16.8. The van der Waals surface area contributed by atoms with Crippen molar-refractivity contribution in [3.05, 3.63) is 0 Å². The van der Waals surface area contributed by atoms with Crippen LogP contribution in [0.1, 0.15) is 58.8 Å². The van der Waals surface area contributed by atoms with Gasteiger partial charge >= 0.3 is 5.97 Å². The summed E-state index contributed by atoms with van der Waals surface area (Å²) in [6, 6.07) is 0. The minimum atomic E-state index is -0.604. The van der Waals surface area contributed by atoms with Gasteiger partial charge in [0.05, 0.1) is 18.1 Å². The van der Waals surface area contributed by atoms with Crippen LogP contribution in [0.15, 0.2) is 0 Å². The topological polar surface area (TPSA) is 49.8 Å². The van der Waals surface area contributed by atoms with Crippen molar-refractivity contribution in [2.75, 3.05) is 26.2 Å². The molecule has 122 valence electrons. The first-order chi connectivity index (χ1) is 10.1. The van der Waals surface area contributed by atoms with E-state index in [1.807, 2.05) is 6.92 Å². The summed E-state index contributed by atoms with van der Waals surface area (Å²) < 4.78 is 5.10. The number of hydrogen-bond acceptors (Lipinski definition) is 4. The van der Waals surface area contributed by atoms with Crippen LogP contribution < -0.4 is 0 Å². The van der Waals surface area contributed by atoms with E-state index in [0.717, 1.165) is 57.7 Å². The molecule has 0 aromatic rings. The quantitative estimate of drug-likeness (QED) is 0.700. The van der Waals surface area contributed by atoms with E-state index < -0.39 is 5.60 Å². The fraction of sp³-hybridized carbons (Fsp3) is 0.941. The van der Waals surface area contributed by atoms with Gasteiger partial charge in [-0.3, -0.25) is 4.79 Å². The number of ether oxygens (including phenoxy) is 1. The van der Waals surface area contributed by atoms with Crippen LogP contribution in [-0.2, 0) is 9.53 Å². The van der Waals surface area contributed by atoms with E-state index in [9.17, 15) is 9.90 Å². The van der Waals surface area contributed by atoms with Crippen LogP contribution in [0.25, 0.3) is 0 Å². The lowest BCUT2D eigenvalue weighted by Crippen LogP contribution is -2.47. The van der Waals surface area contributed by atoms with Gasteiger partial charge in [-0.25, -0.2) is 0 Å². The molecule has 1 N–H and O–H groups in total. The van der Waals surface area contributed by atoms with Crippen LogP contribution in [0.3, 0.4) is 0 Å². The number of nitrogens with zero attached hydrogens (tertiary/aromatic N) is 1. The van der Waals surface area contributed by atoms with E-state index in [4.69, 9.17) is 4.74 Å². The predicted molar refractivity (Wildman–Crippen MR) is 83.0 cm³/mol. The van der Waals surface area contributed by atoms with E-state index in [-0.39, 0.29) is 11.9 Å².